The van der Waals surface area contributed by atoms with E-state index in [0.717, 1.165) is 5.69 Å². The first-order valence-electron chi connectivity index (χ1n) is 5.51. The lowest BCUT2D eigenvalue weighted by atomic mass is 9.81. The van der Waals surface area contributed by atoms with Crippen LogP contribution < -0.4 is 11.1 Å². The van der Waals surface area contributed by atoms with E-state index in [1.165, 1.54) is 6.26 Å². The number of anilines is 1. The Labute approximate surface area is 95.4 Å². The van der Waals surface area contributed by atoms with E-state index in [0.29, 0.717) is 19.4 Å². The molecule has 1 heterocycles. The zero-order valence-corrected chi connectivity index (χ0v) is 10.0. The van der Waals surface area contributed by atoms with Crippen LogP contribution in [0.5, 0.6) is 0 Å². The van der Waals surface area contributed by atoms with Crippen LogP contribution in [0.15, 0.2) is 10.7 Å². The highest BCUT2D eigenvalue weighted by Crippen LogP contribution is 2.26. The van der Waals surface area contributed by atoms with Crippen LogP contribution in [0.25, 0.3) is 0 Å². The van der Waals surface area contributed by atoms with E-state index >= 15 is 0 Å². The van der Waals surface area contributed by atoms with Gasteiger partial charge in [0.1, 0.15) is 6.26 Å². The number of rotatable bonds is 5. The van der Waals surface area contributed by atoms with Crippen LogP contribution in [0.3, 0.4) is 0 Å². The molecule has 0 aliphatic carbocycles. The zero-order valence-electron chi connectivity index (χ0n) is 10.0. The van der Waals surface area contributed by atoms with Gasteiger partial charge in [-0.3, -0.25) is 10.1 Å². The molecule has 0 radical (unpaired) electrons. The molecule has 0 aliphatic rings. The van der Waals surface area contributed by atoms with Gasteiger partial charge in [-0.1, -0.05) is 13.8 Å². The van der Waals surface area contributed by atoms with E-state index < -0.39 is 5.41 Å². The van der Waals surface area contributed by atoms with Gasteiger partial charge in [0.05, 0.1) is 11.1 Å². The van der Waals surface area contributed by atoms with Gasteiger partial charge in [0, 0.05) is 6.54 Å². The van der Waals surface area contributed by atoms with E-state index in [9.17, 15) is 4.79 Å². The predicted octanol–water partition coefficient (Wildman–Crippen LogP) is 1.69. The molecule has 0 saturated carbocycles. The fraction of sp³-hybridized carbons (Fsp3) is 0.636. The van der Waals surface area contributed by atoms with Crippen molar-refractivity contribution in [2.24, 2.45) is 11.1 Å². The maximum atomic E-state index is 12.0. The summed E-state index contributed by atoms with van der Waals surface area (Å²) in [6.07, 6.45) is 2.90. The summed E-state index contributed by atoms with van der Waals surface area (Å²) >= 11 is 0. The highest BCUT2D eigenvalue weighted by molar-refractivity contribution is 5.93. The molecule has 0 fully saturated rings. The molecule has 0 aliphatic heterocycles. The Morgan fingerprint density at radius 1 is 1.56 bits per heavy atom. The van der Waals surface area contributed by atoms with E-state index in [-0.39, 0.29) is 11.9 Å². The standard InChI is InChI=1S/C11H19N3O2/c1-4-11(5-2,7-12)9(15)14-10-13-8(3)6-16-10/h6H,4-5,7,12H2,1-3H3,(H,13,14,15). The molecule has 90 valence electrons. The van der Waals surface area contributed by atoms with Crippen molar-refractivity contribution in [3.8, 4) is 0 Å². The molecule has 1 rings (SSSR count). The molecule has 0 atom stereocenters. The first kappa shape index (κ1) is 12.7. The number of nitrogens with one attached hydrogen (secondary N) is 1. The SMILES string of the molecule is CCC(CC)(CN)C(=O)Nc1nc(C)co1. The fourth-order valence-electron chi connectivity index (χ4n) is 1.59. The molecule has 16 heavy (non-hydrogen) atoms. The van der Waals surface area contributed by atoms with Crippen LogP contribution >= 0.6 is 0 Å². The Hall–Kier alpha value is -1.36. The second-order valence-electron chi connectivity index (χ2n) is 3.94. The van der Waals surface area contributed by atoms with Gasteiger partial charge >= 0.3 is 6.01 Å². The average Bonchev–Trinajstić information content (AvgIpc) is 2.67. The normalized spacial score (nSPS) is 11.5. The largest absolute Gasteiger partial charge is 0.432 e. The number of oxazole rings is 1. The van der Waals surface area contributed by atoms with Gasteiger partial charge in [0.15, 0.2) is 0 Å². The Kier molecular flexibility index (Phi) is 4.06. The van der Waals surface area contributed by atoms with E-state index in [4.69, 9.17) is 10.2 Å². The first-order valence-corrected chi connectivity index (χ1v) is 5.51. The molecule has 5 nitrogen and oxygen atoms in total. The first-order chi connectivity index (χ1) is 7.57. The molecule has 5 heteroatoms. The molecule has 0 spiro atoms. The topological polar surface area (TPSA) is 81.2 Å². The van der Waals surface area contributed by atoms with Crippen molar-refractivity contribution in [3.05, 3.63) is 12.0 Å². The van der Waals surface area contributed by atoms with Gasteiger partial charge < -0.3 is 10.2 Å². The molecule has 0 saturated heterocycles. The molecule has 1 amide bonds. The lowest BCUT2D eigenvalue weighted by Gasteiger charge is -2.27. The molecule has 0 aromatic carbocycles. The number of amides is 1. The summed E-state index contributed by atoms with van der Waals surface area (Å²) < 4.78 is 5.08. The van der Waals surface area contributed by atoms with Crippen LogP contribution in [0.1, 0.15) is 32.4 Å². The van der Waals surface area contributed by atoms with Gasteiger partial charge in [-0.2, -0.15) is 4.98 Å². The van der Waals surface area contributed by atoms with Crippen molar-refractivity contribution in [2.45, 2.75) is 33.6 Å². The summed E-state index contributed by atoms with van der Waals surface area (Å²) in [7, 11) is 0. The van der Waals surface area contributed by atoms with E-state index in [1.54, 1.807) is 6.92 Å². The Balaban J connectivity index is 2.77. The zero-order chi connectivity index (χ0) is 12.2. The van der Waals surface area contributed by atoms with Crippen LogP contribution in [0.2, 0.25) is 0 Å². The van der Waals surface area contributed by atoms with Gasteiger partial charge in [-0.25, -0.2) is 0 Å². The molecule has 0 bridgehead atoms. The third-order valence-corrected chi connectivity index (χ3v) is 3.07. The Morgan fingerprint density at radius 3 is 2.56 bits per heavy atom. The van der Waals surface area contributed by atoms with Gasteiger partial charge in [-0.15, -0.1) is 0 Å². The third kappa shape index (κ3) is 2.41. The van der Waals surface area contributed by atoms with E-state index in [2.05, 4.69) is 10.3 Å². The van der Waals surface area contributed by atoms with Crippen LogP contribution in [0.4, 0.5) is 6.01 Å². The van der Waals surface area contributed by atoms with Crippen molar-refractivity contribution in [1.82, 2.24) is 4.98 Å². The van der Waals surface area contributed by atoms with Gasteiger partial charge in [0.2, 0.25) is 5.91 Å². The minimum absolute atomic E-state index is 0.123. The number of carbonyl (C=O) groups is 1. The second-order valence-corrected chi connectivity index (χ2v) is 3.94. The van der Waals surface area contributed by atoms with Crippen LogP contribution in [-0.2, 0) is 4.79 Å². The number of hydrogen-bond acceptors (Lipinski definition) is 4. The maximum absolute atomic E-state index is 12.0. The summed E-state index contributed by atoms with van der Waals surface area (Å²) in [5.41, 5.74) is 5.89. The quantitative estimate of drug-likeness (QED) is 0.799. The Morgan fingerprint density at radius 2 is 2.19 bits per heavy atom. The van der Waals surface area contributed by atoms with E-state index in [1.807, 2.05) is 13.8 Å². The highest BCUT2D eigenvalue weighted by Gasteiger charge is 2.34. The molecular weight excluding hydrogens is 206 g/mol. The number of aryl methyl sites for hydroxylation is 1. The van der Waals surface area contributed by atoms with Gasteiger partial charge in [-0.05, 0) is 19.8 Å². The predicted molar refractivity (Wildman–Crippen MR) is 61.9 cm³/mol. The number of hydrogen-bond donors (Lipinski definition) is 2. The Bertz CT molecular complexity index is 348. The van der Waals surface area contributed by atoms with Crippen molar-refractivity contribution < 1.29 is 9.21 Å². The summed E-state index contributed by atoms with van der Waals surface area (Å²) in [5, 5.41) is 2.66. The van der Waals surface area contributed by atoms with Crippen molar-refractivity contribution >= 4 is 11.9 Å². The number of nitrogens with two attached hydrogens (primary N) is 1. The smallest absolute Gasteiger partial charge is 0.301 e. The van der Waals surface area contributed by atoms with Crippen molar-refractivity contribution in [2.75, 3.05) is 11.9 Å². The molecule has 3 N–H and O–H groups in total. The highest BCUT2D eigenvalue weighted by atomic mass is 16.4. The fourth-order valence-corrected chi connectivity index (χ4v) is 1.59. The summed E-state index contributed by atoms with van der Waals surface area (Å²) in [5.74, 6) is -0.123. The van der Waals surface area contributed by atoms with Crippen molar-refractivity contribution in [1.29, 1.82) is 0 Å². The minimum atomic E-state index is -0.525. The lowest BCUT2D eigenvalue weighted by Crippen LogP contribution is -2.41. The van der Waals surface area contributed by atoms with Crippen LogP contribution in [-0.4, -0.2) is 17.4 Å². The average molecular weight is 225 g/mol. The molecule has 1 aromatic rings. The van der Waals surface area contributed by atoms with Crippen LogP contribution in [0, 0.1) is 12.3 Å². The number of aromatic nitrogens is 1. The van der Waals surface area contributed by atoms with Crippen molar-refractivity contribution in [3.63, 3.8) is 0 Å². The monoisotopic (exact) mass is 225 g/mol. The number of carbonyl (C=O) groups excluding carboxylic acids is 1. The number of nitrogens with zero attached hydrogens (tertiary/aromatic N) is 1. The molecular formula is C11H19N3O2. The van der Waals surface area contributed by atoms with Gasteiger partial charge in [0.25, 0.3) is 0 Å². The summed E-state index contributed by atoms with van der Waals surface area (Å²) in [6, 6.07) is 0.238. The minimum Gasteiger partial charge on any atom is -0.432 e. The summed E-state index contributed by atoms with van der Waals surface area (Å²) in [6.45, 7) is 6.04. The maximum Gasteiger partial charge on any atom is 0.301 e. The molecule has 0 unspecified atom stereocenters. The summed E-state index contributed by atoms with van der Waals surface area (Å²) in [4.78, 5) is 16.1. The second kappa shape index (κ2) is 5.12. The lowest BCUT2D eigenvalue weighted by molar-refractivity contribution is -0.125. The third-order valence-electron chi connectivity index (χ3n) is 3.07. The molecule has 1 aromatic heterocycles.